The summed E-state index contributed by atoms with van der Waals surface area (Å²) >= 11 is 0. The summed E-state index contributed by atoms with van der Waals surface area (Å²) in [6.45, 7) is 4.49. The molecule has 0 bridgehead atoms. The fourth-order valence-electron chi connectivity index (χ4n) is 3.31. The average molecular weight is 364 g/mol. The molecule has 3 amide bonds. The van der Waals surface area contributed by atoms with Gasteiger partial charge in [-0.1, -0.05) is 44.2 Å². The van der Waals surface area contributed by atoms with Crippen LogP contribution in [0.1, 0.15) is 65.3 Å². The highest BCUT2D eigenvalue weighted by Crippen LogP contribution is 2.27. The number of para-hydroxylation sites is 1. The maximum atomic E-state index is 12.3. The van der Waals surface area contributed by atoms with Crippen molar-refractivity contribution in [1.29, 1.82) is 0 Å². The van der Waals surface area contributed by atoms with E-state index in [0.29, 0.717) is 23.5 Å². The van der Waals surface area contributed by atoms with Gasteiger partial charge < -0.3 is 5.32 Å². The van der Waals surface area contributed by atoms with Gasteiger partial charge in [0.05, 0.1) is 11.1 Å². The fraction of sp³-hybridized carbons (Fsp3) is 0.318. The molecule has 2 aromatic rings. The van der Waals surface area contributed by atoms with Gasteiger partial charge in [0.2, 0.25) is 5.91 Å². The second-order valence-electron chi connectivity index (χ2n) is 6.86. The van der Waals surface area contributed by atoms with Gasteiger partial charge in [0.25, 0.3) is 11.8 Å². The van der Waals surface area contributed by atoms with Crippen LogP contribution in [0.5, 0.6) is 0 Å². The second-order valence-corrected chi connectivity index (χ2v) is 6.86. The minimum absolute atomic E-state index is 0.109. The Morgan fingerprint density at radius 2 is 1.59 bits per heavy atom. The van der Waals surface area contributed by atoms with Crippen LogP contribution in [0.25, 0.3) is 0 Å². The van der Waals surface area contributed by atoms with Gasteiger partial charge in [-0.3, -0.25) is 19.3 Å². The summed E-state index contributed by atoms with van der Waals surface area (Å²) in [4.78, 5) is 38.2. The summed E-state index contributed by atoms with van der Waals surface area (Å²) in [5.41, 5.74) is 2.83. The molecule has 0 saturated carbocycles. The molecule has 2 aromatic carbocycles. The smallest absolute Gasteiger partial charge is 0.261 e. The van der Waals surface area contributed by atoms with Crippen molar-refractivity contribution in [2.75, 3.05) is 11.9 Å². The van der Waals surface area contributed by atoms with Crippen molar-refractivity contribution in [2.24, 2.45) is 0 Å². The van der Waals surface area contributed by atoms with Crippen molar-refractivity contribution in [3.8, 4) is 0 Å². The molecular formula is C22H24N2O3. The molecule has 0 aliphatic carbocycles. The number of nitrogens with zero attached hydrogens (tertiary/aromatic N) is 1. The summed E-state index contributed by atoms with van der Waals surface area (Å²) in [7, 11) is 0. The molecule has 5 nitrogen and oxygen atoms in total. The Morgan fingerprint density at radius 1 is 1.00 bits per heavy atom. The van der Waals surface area contributed by atoms with Gasteiger partial charge in [0.1, 0.15) is 0 Å². The number of amides is 3. The van der Waals surface area contributed by atoms with Gasteiger partial charge in [0.15, 0.2) is 0 Å². The van der Waals surface area contributed by atoms with Crippen molar-refractivity contribution >= 4 is 23.4 Å². The van der Waals surface area contributed by atoms with Crippen LogP contribution in [0.2, 0.25) is 0 Å². The number of benzene rings is 2. The molecule has 0 saturated heterocycles. The van der Waals surface area contributed by atoms with Crippen LogP contribution in [0, 0.1) is 0 Å². The summed E-state index contributed by atoms with van der Waals surface area (Å²) in [5, 5.41) is 2.96. The van der Waals surface area contributed by atoms with Gasteiger partial charge in [-0.25, -0.2) is 0 Å². The molecule has 1 aliphatic rings. The number of imide groups is 1. The van der Waals surface area contributed by atoms with Gasteiger partial charge >= 0.3 is 0 Å². The third-order valence-electron chi connectivity index (χ3n) is 5.04. The molecule has 1 heterocycles. The third-order valence-corrected chi connectivity index (χ3v) is 5.04. The summed E-state index contributed by atoms with van der Waals surface area (Å²) < 4.78 is 0. The molecule has 0 radical (unpaired) electrons. The number of nitrogens with one attached hydrogen (secondary N) is 1. The standard InChI is InChI=1S/C22H24N2O3/c1-3-15(2)16-9-6-7-12-19(16)23-20(25)13-8-14-24-21(26)17-10-4-5-11-18(17)22(24)27/h4-7,9-12,15H,3,8,13-14H2,1-2H3,(H,23,25)/t15-/m0/s1. The molecule has 0 unspecified atom stereocenters. The van der Waals surface area contributed by atoms with E-state index in [2.05, 4.69) is 19.2 Å². The van der Waals surface area contributed by atoms with Crippen molar-refractivity contribution in [3.05, 3.63) is 65.2 Å². The Labute approximate surface area is 159 Å². The number of hydrogen-bond acceptors (Lipinski definition) is 3. The summed E-state index contributed by atoms with van der Waals surface area (Å²) in [6, 6.07) is 14.6. The molecule has 140 valence electrons. The molecule has 0 aromatic heterocycles. The lowest BCUT2D eigenvalue weighted by Crippen LogP contribution is -2.31. The van der Waals surface area contributed by atoms with E-state index in [1.165, 1.54) is 4.90 Å². The van der Waals surface area contributed by atoms with E-state index in [1.807, 2.05) is 24.3 Å². The average Bonchev–Trinajstić information content (AvgIpc) is 2.93. The first-order valence-corrected chi connectivity index (χ1v) is 9.37. The number of carbonyl (C=O) groups is 3. The minimum Gasteiger partial charge on any atom is -0.326 e. The lowest BCUT2D eigenvalue weighted by molar-refractivity contribution is -0.116. The van der Waals surface area contributed by atoms with E-state index < -0.39 is 0 Å². The Kier molecular flexibility index (Phi) is 5.69. The second kappa shape index (κ2) is 8.16. The van der Waals surface area contributed by atoms with Gasteiger partial charge in [0, 0.05) is 18.7 Å². The van der Waals surface area contributed by atoms with Gasteiger partial charge in [-0.05, 0) is 42.5 Å². The molecule has 3 rings (SSSR count). The largest absolute Gasteiger partial charge is 0.326 e. The molecule has 1 aliphatic heterocycles. The Morgan fingerprint density at radius 3 is 2.22 bits per heavy atom. The highest BCUT2D eigenvalue weighted by Gasteiger charge is 2.34. The zero-order valence-corrected chi connectivity index (χ0v) is 15.7. The Hall–Kier alpha value is -2.95. The normalized spacial score (nSPS) is 14.2. The number of hydrogen-bond donors (Lipinski definition) is 1. The van der Waals surface area contributed by atoms with Crippen LogP contribution in [0.3, 0.4) is 0 Å². The summed E-state index contributed by atoms with van der Waals surface area (Å²) in [5.74, 6) is -0.307. The molecule has 5 heteroatoms. The van der Waals surface area contributed by atoms with Crippen LogP contribution in [0.4, 0.5) is 5.69 Å². The van der Waals surface area contributed by atoms with Crippen molar-refractivity contribution in [3.63, 3.8) is 0 Å². The zero-order chi connectivity index (χ0) is 19.4. The predicted octanol–water partition coefficient (Wildman–Crippen LogP) is 4.22. The van der Waals surface area contributed by atoms with E-state index in [-0.39, 0.29) is 30.7 Å². The molecule has 0 spiro atoms. The highest BCUT2D eigenvalue weighted by molar-refractivity contribution is 6.21. The first-order chi connectivity index (χ1) is 13.0. The predicted molar refractivity (Wildman–Crippen MR) is 105 cm³/mol. The Balaban J connectivity index is 1.56. The van der Waals surface area contributed by atoms with Crippen molar-refractivity contribution < 1.29 is 14.4 Å². The third kappa shape index (κ3) is 3.92. The van der Waals surface area contributed by atoms with Crippen LogP contribution in [-0.2, 0) is 4.79 Å². The monoisotopic (exact) mass is 364 g/mol. The molecule has 27 heavy (non-hydrogen) atoms. The summed E-state index contributed by atoms with van der Waals surface area (Å²) in [6.07, 6.45) is 1.68. The first-order valence-electron chi connectivity index (χ1n) is 9.37. The molecule has 0 fully saturated rings. The maximum Gasteiger partial charge on any atom is 0.261 e. The quantitative estimate of drug-likeness (QED) is 0.748. The van der Waals surface area contributed by atoms with Gasteiger partial charge in [-0.15, -0.1) is 0 Å². The Bertz CT molecular complexity index is 840. The number of rotatable bonds is 7. The zero-order valence-electron chi connectivity index (χ0n) is 15.7. The SMILES string of the molecule is CC[C@H](C)c1ccccc1NC(=O)CCCN1C(=O)c2ccccc2C1=O. The highest BCUT2D eigenvalue weighted by atomic mass is 16.2. The van der Waals surface area contributed by atoms with E-state index in [4.69, 9.17) is 0 Å². The van der Waals surface area contributed by atoms with Crippen LogP contribution in [-0.4, -0.2) is 29.2 Å². The fourth-order valence-corrected chi connectivity index (χ4v) is 3.31. The van der Waals surface area contributed by atoms with E-state index in [0.717, 1.165) is 17.7 Å². The van der Waals surface area contributed by atoms with Crippen molar-refractivity contribution in [1.82, 2.24) is 4.90 Å². The maximum absolute atomic E-state index is 12.3. The molecule has 1 atom stereocenters. The van der Waals surface area contributed by atoms with Crippen molar-refractivity contribution in [2.45, 2.75) is 39.0 Å². The van der Waals surface area contributed by atoms with E-state index >= 15 is 0 Å². The number of carbonyl (C=O) groups excluding carboxylic acids is 3. The topological polar surface area (TPSA) is 66.5 Å². The lowest BCUT2D eigenvalue weighted by Gasteiger charge is -2.16. The lowest BCUT2D eigenvalue weighted by atomic mass is 9.97. The van der Waals surface area contributed by atoms with Crippen LogP contribution in [0.15, 0.2) is 48.5 Å². The van der Waals surface area contributed by atoms with E-state index in [1.54, 1.807) is 24.3 Å². The van der Waals surface area contributed by atoms with Gasteiger partial charge in [-0.2, -0.15) is 0 Å². The van der Waals surface area contributed by atoms with Crippen LogP contribution < -0.4 is 5.32 Å². The number of fused-ring (bicyclic) bond motifs is 1. The minimum atomic E-state index is -0.280. The van der Waals surface area contributed by atoms with E-state index in [9.17, 15) is 14.4 Å². The first kappa shape index (κ1) is 18.8. The molecule has 1 N–H and O–H groups in total. The number of anilines is 1. The molecular weight excluding hydrogens is 340 g/mol. The van der Waals surface area contributed by atoms with Crippen LogP contribution >= 0.6 is 0 Å².